The summed E-state index contributed by atoms with van der Waals surface area (Å²) < 4.78 is 0. The molecular formula is C53H34. The number of hydrogen-bond acceptors (Lipinski definition) is 0. The van der Waals surface area contributed by atoms with Crippen LogP contribution < -0.4 is 0 Å². The van der Waals surface area contributed by atoms with Gasteiger partial charge in [0.25, 0.3) is 0 Å². The van der Waals surface area contributed by atoms with Gasteiger partial charge in [-0.25, -0.2) is 0 Å². The highest BCUT2D eigenvalue weighted by Crippen LogP contribution is 2.44. The summed E-state index contributed by atoms with van der Waals surface area (Å²) in [5.74, 6) is 0. The molecule has 0 N–H and O–H groups in total. The fourth-order valence-electron chi connectivity index (χ4n) is 8.98. The first-order valence-corrected chi connectivity index (χ1v) is 18.5. The van der Waals surface area contributed by atoms with Gasteiger partial charge in [-0.15, -0.1) is 0 Å². The van der Waals surface area contributed by atoms with Gasteiger partial charge in [0, 0.05) is 0 Å². The van der Waals surface area contributed by atoms with Crippen LogP contribution in [0.1, 0.15) is 5.56 Å². The van der Waals surface area contributed by atoms with Crippen molar-refractivity contribution >= 4 is 75.4 Å². The largest absolute Gasteiger partial charge is 0.0616 e. The average Bonchev–Trinajstić information content (AvgIpc) is 3.22. The standard InChI is InChI=1S/C53H34/c1-33-26-38(49-31-51-40-15-5-4-13-35(40)24-25-47(51)41-16-6-7-17-42(41)49)29-39(27-33)50-32-53-45-20-10-8-18-43(45)48(30-52(53)46-21-11-9-19-44(46)50)37-23-22-34-12-2-3-14-36(34)28-37/h2-32H,1H3. The van der Waals surface area contributed by atoms with Gasteiger partial charge in [0.1, 0.15) is 0 Å². The zero-order valence-corrected chi connectivity index (χ0v) is 29.4. The van der Waals surface area contributed by atoms with Crippen LogP contribution in [0.4, 0.5) is 0 Å². The molecule has 0 fully saturated rings. The quantitative estimate of drug-likeness (QED) is 0.164. The van der Waals surface area contributed by atoms with E-state index in [2.05, 4.69) is 195 Å². The predicted octanol–water partition coefficient (Wildman–Crippen LogP) is 15.1. The Morgan fingerprint density at radius 1 is 0.226 bits per heavy atom. The van der Waals surface area contributed by atoms with Crippen LogP contribution in [0.15, 0.2) is 188 Å². The minimum atomic E-state index is 1.24. The highest BCUT2D eigenvalue weighted by molar-refractivity contribution is 6.25. The van der Waals surface area contributed by atoms with Crippen molar-refractivity contribution in [1.29, 1.82) is 0 Å². The van der Waals surface area contributed by atoms with Gasteiger partial charge in [0.2, 0.25) is 0 Å². The fourth-order valence-corrected chi connectivity index (χ4v) is 8.98. The Hall–Kier alpha value is -6.76. The van der Waals surface area contributed by atoms with E-state index in [1.807, 2.05) is 0 Å². The van der Waals surface area contributed by atoms with Gasteiger partial charge in [-0.3, -0.25) is 0 Å². The third-order valence-corrected chi connectivity index (χ3v) is 11.4. The molecule has 0 heterocycles. The van der Waals surface area contributed by atoms with Crippen LogP contribution in [-0.4, -0.2) is 0 Å². The van der Waals surface area contributed by atoms with Crippen LogP contribution in [0, 0.1) is 6.92 Å². The highest BCUT2D eigenvalue weighted by atomic mass is 14.2. The molecule has 0 saturated carbocycles. The summed E-state index contributed by atoms with van der Waals surface area (Å²) in [4.78, 5) is 0. The van der Waals surface area contributed by atoms with E-state index in [4.69, 9.17) is 0 Å². The summed E-state index contributed by atoms with van der Waals surface area (Å²) in [6.45, 7) is 2.24. The van der Waals surface area contributed by atoms with Crippen molar-refractivity contribution in [3.8, 4) is 33.4 Å². The van der Waals surface area contributed by atoms with Crippen molar-refractivity contribution in [3.05, 3.63) is 194 Å². The predicted molar refractivity (Wildman–Crippen MR) is 230 cm³/mol. The van der Waals surface area contributed by atoms with E-state index in [9.17, 15) is 0 Å². The topological polar surface area (TPSA) is 0 Å². The van der Waals surface area contributed by atoms with Gasteiger partial charge in [-0.05, 0) is 152 Å². The lowest BCUT2D eigenvalue weighted by molar-refractivity contribution is 1.47. The summed E-state index contributed by atoms with van der Waals surface area (Å²) >= 11 is 0. The first-order chi connectivity index (χ1) is 26.2. The molecule has 0 heteroatoms. The third-order valence-electron chi connectivity index (χ3n) is 11.4. The molecule has 0 unspecified atom stereocenters. The molecule has 11 rings (SSSR count). The van der Waals surface area contributed by atoms with E-state index in [-0.39, 0.29) is 0 Å². The lowest BCUT2D eigenvalue weighted by Crippen LogP contribution is -1.91. The van der Waals surface area contributed by atoms with Crippen LogP contribution in [0.2, 0.25) is 0 Å². The Kier molecular flexibility index (Phi) is 6.57. The number of rotatable bonds is 3. The number of aryl methyl sites for hydroxylation is 1. The molecule has 246 valence electrons. The van der Waals surface area contributed by atoms with Gasteiger partial charge < -0.3 is 0 Å². The first kappa shape index (κ1) is 29.9. The molecule has 0 nitrogen and oxygen atoms in total. The van der Waals surface area contributed by atoms with Crippen molar-refractivity contribution in [2.45, 2.75) is 6.92 Å². The highest BCUT2D eigenvalue weighted by Gasteiger charge is 2.17. The zero-order valence-electron chi connectivity index (χ0n) is 29.4. The van der Waals surface area contributed by atoms with E-state index in [0.29, 0.717) is 0 Å². The zero-order chi connectivity index (χ0) is 35.0. The van der Waals surface area contributed by atoms with E-state index in [1.54, 1.807) is 0 Å². The smallest absolute Gasteiger partial charge is 0.00923 e. The van der Waals surface area contributed by atoms with Crippen LogP contribution in [0.5, 0.6) is 0 Å². The van der Waals surface area contributed by atoms with Crippen LogP contribution >= 0.6 is 0 Å². The van der Waals surface area contributed by atoms with Crippen LogP contribution in [0.3, 0.4) is 0 Å². The average molecular weight is 671 g/mol. The third kappa shape index (κ3) is 4.69. The lowest BCUT2D eigenvalue weighted by Gasteiger charge is -2.18. The van der Waals surface area contributed by atoms with Gasteiger partial charge in [0.05, 0.1) is 0 Å². The molecule has 0 aromatic heterocycles. The van der Waals surface area contributed by atoms with Crippen molar-refractivity contribution < 1.29 is 0 Å². The van der Waals surface area contributed by atoms with Gasteiger partial charge in [0.15, 0.2) is 0 Å². The molecular weight excluding hydrogens is 637 g/mol. The van der Waals surface area contributed by atoms with E-state index >= 15 is 0 Å². The number of fused-ring (bicyclic) bond motifs is 11. The number of hydrogen-bond donors (Lipinski definition) is 0. The SMILES string of the molecule is Cc1cc(-c2cc3c4ccccc4ccc3c3ccccc23)cc(-c2cc3c4ccccc4c(-c4ccc5ccccc5c4)cc3c3ccccc23)c1. The number of benzene rings is 11. The molecule has 0 spiro atoms. The van der Waals surface area contributed by atoms with Crippen molar-refractivity contribution in [2.24, 2.45) is 0 Å². The monoisotopic (exact) mass is 670 g/mol. The Balaban J connectivity index is 1.18. The minimum Gasteiger partial charge on any atom is -0.0616 e. The van der Waals surface area contributed by atoms with Gasteiger partial charge in [-0.2, -0.15) is 0 Å². The summed E-state index contributed by atoms with van der Waals surface area (Å²) in [6, 6.07) is 70.1. The van der Waals surface area contributed by atoms with Crippen molar-refractivity contribution in [2.75, 3.05) is 0 Å². The molecule has 0 atom stereocenters. The normalized spacial score (nSPS) is 11.9. The first-order valence-electron chi connectivity index (χ1n) is 18.5. The Morgan fingerprint density at radius 2 is 0.623 bits per heavy atom. The fraction of sp³-hybridized carbons (Fsp3) is 0.0189. The molecule has 0 aliphatic carbocycles. The van der Waals surface area contributed by atoms with E-state index in [1.165, 1.54) is 114 Å². The summed E-state index contributed by atoms with van der Waals surface area (Å²) in [7, 11) is 0. The van der Waals surface area contributed by atoms with Gasteiger partial charge in [-0.1, -0.05) is 158 Å². The second-order valence-corrected chi connectivity index (χ2v) is 14.5. The summed E-state index contributed by atoms with van der Waals surface area (Å²) in [5.41, 5.74) is 8.77. The van der Waals surface area contributed by atoms with Crippen molar-refractivity contribution in [1.82, 2.24) is 0 Å². The maximum Gasteiger partial charge on any atom is -0.00923 e. The molecule has 0 amide bonds. The van der Waals surface area contributed by atoms with E-state index < -0.39 is 0 Å². The molecule has 0 saturated heterocycles. The van der Waals surface area contributed by atoms with Gasteiger partial charge >= 0.3 is 0 Å². The summed E-state index contributed by atoms with van der Waals surface area (Å²) in [5, 5.41) is 17.9. The maximum absolute atomic E-state index is 2.45. The molecule has 53 heavy (non-hydrogen) atoms. The van der Waals surface area contributed by atoms with E-state index in [0.717, 1.165) is 0 Å². The molecule has 0 aliphatic rings. The molecule has 11 aromatic rings. The lowest BCUT2D eigenvalue weighted by atomic mass is 9.86. The molecule has 0 bridgehead atoms. The Bertz CT molecular complexity index is 3290. The van der Waals surface area contributed by atoms with Crippen LogP contribution in [-0.2, 0) is 0 Å². The molecule has 11 aromatic carbocycles. The summed E-state index contributed by atoms with van der Waals surface area (Å²) in [6.07, 6.45) is 0. The van der Waals surface area contributed by atoms with Crippen molar-refractivity contribution in [3.63, 3.8) is 0 Å². The second-order valence-electron chi connectivity index (χ2n) is 14.5. The molecule has 0 aliphatic heterocycles. The Labute approximate surface area is 308 Å². The molecule has 0 radical (unpaired) electrons. The second kappa shape index (κ2) is 11.6. The Morgan fingerprint density at radius 3 is 1.21 bits per heavy atom. The maximum atomic E-state index is 2.45. The van der Waals surface area contributed by atoms with Crippen LogP contribution in [0.25, 0.3) is 109 Å². The minimum absolute atomic E-state index is 1.24.